The average Bonchev–Trinajstić information content (AvgIpc) is 3.06. The Kier molecular flexibility index (Phi) is 8.35. The summed E-state index contributed by atoms with van der Waals surface area (Å²) < 4.78 is 48.4. The molecule has 0 amide bonds. The summed E-state index contributed by atoms with van der Waals surface area (Å²) in [6.45, 7) is 1.92. The predicted molar refractivity (Wildman–Crippen MR) is 105 cm³/mol. The van der Waals surface area contributed by atoms with Crippen LogP contribution in [0.5, 0.6) is 0 Å². The molecule has 0 aromatic carbocycles. The van der Waals surface area contributed by atoms with E-state index in [2.05, 4.69) is 18.3 Å². The number of hydrogen-bond acceptors (Lipinski definition) is 14. The Balaban J connectivity index is 1.56. The van der Waals surface area contributed by atoms with Gasteiger partial charge in [0.15, 0.2) is 6.29 Å². The van der Waals surface area contributed by atoms with Crippen molar-refractivity contribution in [3.8, 4) is 0 Å². The number of phosphoric ester groups is 2. The van der Waals surface area contributed by atoms with E-state index in [1.54, 1.807) is 0 Å². The first-order valence-electron chi connectivity index (χ1n) is 10.0. The first kappa shape index (κ1) is 27.3. The molecule has 34 heavy (non-hydrogen) atoms. The third-order valence-corrected chi connectivity index (χ3v) is 7.74. The minimum atomic E-state index is -5.56. The highest BCUT2D eigenvalue weighted by molar-refractivity contribution is 7.59. The van der Waals surface area contributed by atoms with Crippen LogP contribution in [0.4, 0.5) is 0 Å². The average molecular weight is 530 g/mol. The van der Waals surface area contributed by atoms with Crippen LogP contribution in [-0.4, -0.2) is 68.3 Å². The van der Waals surface area contributed by atoms with E-state index in [9.17, 15) is 43.8 Å². The van der Waals surface area contributed by atoms with Crippen molar-refractivity contribution in [3.05, 3.63) is 32.6 Å². The van der Waals surface area contributed by atoms with Crippen LogP contribution in [0, 0.1) is 6.92 Å². The van der Waals surface area contributed by atoms with Gasteiger partial charge in [-0.2, -0.15) is 0 Å². The second-order valence-corrected chi connectivity index (χ2v) is 10.8. The van der Waals surface area contributed by atoms with Crippen LogP contribution < -0.4 is 21.0 Å². The fourth-order valence-electron chi connectivity index (χ4n) is 3.40. The summed E-state index contributed by atoms with van der Waals surface area (Å²) in [6.07, 6.45) is -8.36. The van der Waals surface area contributed by atoms with Crippen LogP contribution in [-0.2, 0) is 32.0 Å². The molecule has 2 fully saturated rings. The van der Waals surface area contributed by atoms with Crippen molar-refractivity contribution in [1.29, 1.82) is 0 Å². The summed E-state index contributed by atoms with van der Waals surface area (Å²) in [6, 6.07) is 0. The SMILES string of the molecule is Cc1cn([C@H]2C[C@H](O)[C@@H](COP(=O)([O-])OP(=O)([O-])O[C@@H]3C[C@H](O)[C@H](O)[C@H](C)O3)O2)c(=O)[nH]c1=O. The van der Waals surface area contributed by atoms with Gasteiger partial charge >= 0.3 is 5.69 Å². The normalized spacial score (nSPS) is 35.6. The van der Waals surface area contributed by atoms with Gasteiger partial charge in [0.1, 0.15) is 18.4 Å². The van der Waals surface area contributed by atoms with E-state index in [1.807, 2.05) is 0 Å². The first-order valence-corrected chi connectivity index (χ1v) is 12.9. The van der Waals surface area contributed by atoms with Gasteiger partial charge in [0.05, 0.1) is 24.9 Å². The van der Waals surface area contributed by atoms with E-state index in [4.69, 9.17) is 9.47 Å². The van der Waals surface area contributed by atoms with Crippen molar-refractivity contribution in [3.63, 3.8) is 0 Å². The number of aryl methyl sites for hydroxylation is 1. The minimum Gasteiger partial charge on any atom is -0.756 e. The Morgan fingerprint density at radius 2 is 1.82 bits per heavy atom. The number of aliphatic hydroxyl groups excluding tert-OH is 3. The number of aliphatic hydroxyl groups is 3. The van der Waals surface area contributed by atoms with E-state index in [-0.39, 0.29) is 12.0 Å². The molecule has 2 aliphatic heterocycles. The highest BCUT2D eigenvalue weighted by Gasteiger charge is 2.39. The Labute approximate surface area is 191 Å². The summed E-state index contributed by atoms with van der Waals surface area (Å²) >= 11 is 0. The van der Waals surface area contributed by atoms with E-state index < -0.39 is 83.0 Å². The molecule has 18 heteroatoms. The van der Waals surface area contributed by atoms with Gasteiger partial charge in [-0.05, 0) is 13.8 Å². The number of aromatic nitrogens is 2. The molecule has 16 nitrogen and oxygen atoms in total. The molecule has 4 N–H and O–H groups in total. The fourth-order valence-corrected chi connectivity index (χ4v) is 5.48. The lowest BCUT2D eigenvalue weighted by molar-refractivity contribution is -0.273. The number of H-pyrrole nitrogens is 1. The van der Waals surface area contributed by atoms with Gasteiger partial charge in [-0.3, -0.25) is 28.0 Å². The minimum absolute atomic E-state index is 0.155. The lowest BCUT2D eigenvalue weighted by Gasteiger charge is -2.38. The fraction of sp³-hybridized carbons (Fsp3) is 0.750. The maximum Gasteiger partial charge on any atom is 0.330 e. The summed E-state index contributed by atoms with van der Waals surface area (Å²) in [5.74, 6) is 0. The van der Waals surface area contributed by atoms with Gasteiger partial charge < -0.3 is 39.1 Å². The highest BCUT2D eigenvalue weighted by atomic mass is 31.3. The Morgan fingerprint density at radius 1 is 1.15 bits per heavy atom. The molecule has 0 spiro atoms. The number of aromatic amines is 1. The molecule has 3 rings (SSSR count). The zero-order valence-electron chi connectivity index (χ0n) is 17.9. The first-order chi connectivity index (χ1) is 15.7. The summed E-state index contributed by atoms with van der Waals surface area (Å²) in [5.41, 5.74) is -1.22. The predicted octanol–water partition coefficient (Wildman–Crippen LogP) is -2.66. The lowest BCUT2D eigenvalue weighted by Crippen LogP contribution is -2.47. The topological polar surface area (TPSA) is 242 Å². The molecular weight excluding hydrogens is 506 g/mol. The maximum absolute atomic E-state index is 12.0. The van der Waals surface area contributed by atoms with Crippen molar-refractivity contribution in [2.45, 2.75) is 69.7 Å². The quantitative estimate of drug-likeness (QED) is 0.251. The zero-order valence-corrected chi connectivity index (χ0v) is 19.7. The van der Waals surface area contributed by atoms with Gasteiger partial charge in [-0.15, -0.1) is 0 Å². The largest absolute Gasteiger partial charge is 0.756 e. The molecule has 2 saturated heterocycles. The van der Waals surface area contributed by atoms with Crippen molar-refractivity contribution in [2.75, 3.05) is 6.61 Å². The monoisotopic (exact) mass is 530 g/mol. The van der Waals surface area contributed by atoms with Gasteiger partial charge in [-0.25, -0.2) is 9.11 Å². The van der Waals surface area contributed by atoms with Gasteiger partial charge in [-0.1, -0.05) is 0 Å². The van der Waals surface area contributed by atoms with Crippen molar-refractivity contribution < 1.29 is 57.1 Å². The molecule has 0 saturated carbocycles. The summed E-state index contributed by atoms with van der Waals surface area (Å²) in [4.78, 5) is 49.5. The number of nitrogens with zero attached hydrogens (tertiary/aromatic N) is 1. The van der Waals surface area contributed by atoms with Crippen LogP contribution in [0.1, 0.15) is 31.6 Å². The van der Waals surface area contributed by atoms with Crippen LogP contribution in [0.2, 0.25) is 0 Å². The Morgan fingerprint density at radius 3 is 2.47 bits per heavy atom. The maximum atomic E-state index is 12.0. The van der Waals surface area contributed by atoms with Crippen molar-refractivity contribution >= 4 is 15.6 Å². The molecule has 194 valence electrons. The molecule has 0 bridgehead atoms. The standard InChI is InChI=1S/C16H26N2O14P2/c1-7-5-18(16(23)17-15(7)22)12-3-9(19)11(30-12)6-28-33(24,25)32-34(26,27)31-13-4-10(20)14(21)8(2)29-13/h5,8-14,19-21H,3-4,6H2,1-2H3,(H,24,25)(H,26,27)(H,17,22,23)/p-2/t8-,9-,10-,11+,12+,13+,14+/m0/s1. The van der Waals surface area contributed by atoms with Crippen LogP contribution in [0.15, 0.2) is 15.8 Å². The number of ether oxygens (including phenoxy) is 2. The number of hydrogen-bond donors (Lipinski definition) is 4. The third kappa shape index (κ3) is 6.69. The summed E-state index contributed by atoms with van der Waals surface area (Å²) in [7, 11) is -11.1. The third-order valence-electron chi connectivity index (χ3n) is 5.18. The van der Waals surface area contributed by atoms with E-state index in [0.29, 0.717) is 0 Å². The van der Waals surface area contributed by atoms with E-state index >= 15 is 0 Å². The smallest absolute Gasteiger partial charge is 0.330 e. The molecular formula is C16H24N2O14P2-2. The molecule has 1 aromatic heterocycles. The van der Waals surface area contributed by atoms with Crippen LogP contribution in [0.25, 0.3) is 0 Å². The van der Waals surface area contributed by atoms with Crippen molar-refractivity contribution in [2.24, 2.45) is 0 Å². The number of rotatable bonds is 8. The second-order valence-electron chi connectivity index (χ2n) is 7.85. The highest BCUT2D eigenvalue weighted by Crippen LogP contribution is 2.57. The lowest BCUT2D eigenvalue weighted by atomic mass is 10.0. The van der Waals surface area contributed by atoms with Crippen LogP contribution >= 0.6 is 15.6 Å². The van der Waals surface area contributed by atoms with Gasteiger partial charge in [0, 0.05) is 24.6 Å². The Hall–Kier alpha value is -1.26. The Bertz CT molecular complexity index is 1080. The van der Waals surface area contributed by atoms with Crippen molar-refractivity contribution in [1.82, 2.24) is 9.55 Å². The molecule has 2 unspecified atom stereocenters. The molecule has 2 aliphatic rings. The van der Waals surface area contributed by atoms with Crippen LogP contribution in [0.3, 0.4) is 0 Å². The number of phosphoric acid groups is 2. The molecule has 0 aliphatic carbocycles. The molecule has 0 radical (unpaired) electrons. The molecule has 3 heterocycles. The van der Waals surface area contributed by atoms with Gasteiger partial charge in [0.2, 0.25) is 0 Å². The van der Waals surface area contributed by atoms with E-state index in [0.717, 1.165) is 4.57 Å². The zero-order chi connectivity index (χ0) is 25.4. The van der Waals surface area contributed by atoms with Gasteiger partial charge in [0.25, 0.3) is 21.2 Å². The summed E-state index contributed by atoms with van der Waals surface area (Å²) in [5, 5.41) is 29.4. The molecule has 1 aromatic rings. The molecule has 9 atom stereocenters. The second kappa shape index (κ2) is 10.4. The van der Waals surface area contributed by atoms with E-state index in [1.165, 1.54) is 20.0 Å². The number of nitrogens with one attached hydrogen (secondary N) is 1.